The van der Waals surface area contributed by atoms with Crippen LogP contribution in [0.3, 0.4) is 0 Å². The predicted octanol–water partition coefficient (Wildman–Crippen LogP) is 4.24. The first kappa shape index (κ1) is 22.6. The van der Waals surface area contributed by atoms with Crippen molar-refractivity contribution >= 4 is 32.8 Å². The molecule has 32 heavy (non-hydrogen) atoms. The van der Waals surface area contributed by atoms with Gasteiger partial charge in [0, 0.05) is 43.0 Å². The van der Waals surface area contributed by atoms with Gasteiger partial charge in [-0.1, -0.05) is 60.2 Å². The Labute approximate surface area is 194 Å². The standard InChI is InChI=1S/C24H28N4O2S2/c1-19-7-9-21(10-8-19)17-23-26-24(31-27-23)28-14-11-22(12-15-28)18-25-32(29,30)16-13-20-5-3-2-4-6-20/h2-10,13,16,22,25H,11-12,14-15,17-18H2,1H3/b16-13+. The number of piperidine rings is 1. The minimum Gasteiger partial charge on any atom is -0.347 e. The van der Waals surface area contributed by atoms with Gasteiger partial charge >= 0.3 is 0 Å². The number of benzene rings is 2. The molecule has 0 bridgehead atoms. The van der Waals surface area contributed by atoms with Gasteiger partial charge in [0.1, 0.15) is 5.82 Å². The third-order valence-corrected chi connectivity index (χ3v) is 7.52. The lowest BCUT2D eigenvalue weighted by Gasteiger charge is -2.31. The van der Waals surface area contributed by atoms with E-state index in [4.69, 9.17) is 4.98 Å². The fraction of sp³-hybridized carbons (Fsp3) is 0.333. The van der Waals surface area contributed by atoms with E-state index in [1.807, 2.05) is 30.3 Å². The number of rotatable bonds is 8. The Morgan fingerprint density at radius 2 is 1.81 bits per heavy atom. The largest absolute Gasteiger partial charge is 0.347 e. The van der Waals surface area contributed by atoms with Crippen LogP contribution in [0.25, 0.3) is 6.08 Å². The maximum atomic E-state index is 12.3. The molecule has 1 aliphatic heterocycles. The Balaban J connectivity index is 1.24. The molecule has 1 saturated heterocycles. The first-order valence-electron chi connectivity index (χ1n) is 10.8. The van der Waals surface area contributed by atoms with Crippen LogP contribution in [-0.2, 0) is 16.4 Å². The summed E-state index contributed by atoms with van der Waals surface area (Å²) in [7, 11) is -3.44. The van der Waals surface area contributed by atoms with E-state index in [0.29, 0.717) is 12.5 Å². The summed E-state index contributed by atoms with van der Waals surface area (Å²) in [4.78, 5) is 6.99. The van der Waals surface area contributed by atoms with E-state index in [1.165, 1.54) is 28.1 Å². The van der Waals surface area contributed by atoms with Gasteiger partial charge in [0.05, 0.1) is 0 Å². The highest BCUT2D eigenvalue weighted by Gasteiger charge is 2.23. The van der Waals surface area contributed by atoms with E-state index in [2.05, 4.69) is 45.2 Å². The molecule has 1 aliphatic rings. The smallest absolute Gasteiger partial charge is 0.233 e. The third kappa shape index (κ3) is 6.48. The number of anilines is 1. The van der Waals surface area contributed by atoms with E-state index in [1.54, 1.807) is 6.08 Å². The average molecular weight is 469 g/mol. The monoisotopic (exact) mass is 468 g/mol. The van der Waals surface area contributed by atoms with Crippen LogP contribution < -0.4 is 9.62 Å². The van der Waals surface area contributed by atoms with Gasteiger partial charge < -0.3 is 4.90 Å². The second kappa shape index (κ2) is 10.4. The van der Waals surface area contributed by atoms with Gasteiger partial charge in [0.2, 0.25) is 15.2 Å². The van der Waals surface area contributed by atoms with E-state index in [9.17, 15) is 8.42 Å². The lowest BCUT2D eigenvalue weighted by molar-refractivity contribution is 0.402. The molecule has 6 nitrogen and oxygen atoms in total. The van der Waals surface area contributed by atoms with Crippen molar-refractivity contribution in [2.24, 2.45) is 5.92 Å². The van der Waals surface area contributed by atoms with Crippen molar-refractivity contribution in [3.63, 3.8) is 0 Å². The maximum Gasteiger partial charge on any atom is 0.233 e. The Kier molecular flexibility index (Phi) is 7.34. The SMILES string of the molecule is Cc1ccc(Cc2nsc(N3CCC(CNS(=O)(=O)/C=C/c4ccccc4)CC3)n2)cc1. The molecule has 1 aromatic heterocycles. The Bertz CT molecular complexity index is 1130. The summed E-state index contributed by atoms with van der Waals surface area (Å²) in [5.74, 6) is 1.18. The summed E-state index contributed by atoms with van der Waals surface area (Å²) in [6, 6.07) is 17.9. The molecule has 3 aromatic rings. The maximum absolute atomic E-state index is 12.3. The van der Waals surface area contributed by atoms with E-state index < -0.39 is 10.0 Å². The third-order valence-electron chi connectivity index (χ3n) is 5.64. The Hall–Kier alpha value is -2.55. The lowest BCUT2D eigenvalue weighted by atomic mass is 9.97. The minimum atomic E-state index is -3.44. The highest BCUT2D eigenvalue weighted by atomic mass is 32.2. The highest BCUT2D eigenvalue weighted by Crippen LogP contribution is 2.25. The summed E-state index contributed by atoms with van der Waals surface area (Å²) < 4.78 is 31.8. The fourth-order valence-electron chi connectivity index (χ4n) is 3.68. The normalized spacial score (nSPS) is 15.5. The molecule has 1 N–H and O–H groups in total. The quantitative estimate of drug-likeness (QED) is 0.535. The minimum absolute atomic E-state index is 0.325. The van der Waals surface area contributed by atoms with Crippen LogP contribution >= 0.6 is 11.5 Å². The summed E-state index contributed by atoms with van der Waals surface area (Å²) >= 11 is 1.45. The molecule has 0 atom stereocenters. The number of sulfonamides is 1. The number of nitrogens with one attached hydrogen (secondary N) is 1. The second-order valence-corrected chi connectivity index (χ2v) is 10.6. The first-order chi connectivity index (χ1) is 15.5. The molecule has 168 valence electrons. The summed E-state index contributed by atoms with van der Waals surface area (Å²) in [5.41, 5.74) is 3.33. The van der Waals surface area contributed by atoms with Crippen LogP contribution in [0.2, 0.25) is 0 Å². The fourth-order valence-corrected chi connectivity index (χ4v) is 5.31. The van der Waals surface area contributed by atoms with Crippen molar-refractivity contribution in [2.45, 2.75) is 26.2 Å². The Morgan fingerprint density at radius 3 is 2.53 bits per heavy atom. The number of nitrogens with zero attached hydrogens (tertiary/aromatic N) is 3. The van der Waals surface area contributed by atoms with Crippen LogP contribution in [-0.4, -0.2) is 37.4 Å². The lowest BCUT2D eigenvalue weighted by Crippen LogP contribution is -2.38. The van der Waals surface area contributed by atoms with Gasteiger partial charge in [0.25, 0.3) is 0 Å². The van der Waals surface area contributed by atoms with Gasteiger partial charge in [-0.15, -0.1) is 0 Å². The molecule has 1 fully saturated rings. The summed E-state index contributed by atoms with van der Waals surface area (Å²) in [6.45, 7) is 4.28. The van der Waals surface area contributed by atoms with Gasteiger partial charge in [-0.05, 0) is 42.9 Å². The first-order valence-corrected chi connectivity index (χ1v) is 13.1. The van der Waals surface area contributed by atoms with Crippen LogP contribution in [0.4, 0.5) is 5.13 Å². The average Bonchev–Trinajstić information content (AvgIpc) is 3.28. The predicted molar refractivity (Wildman–Crippen MR) is 131 cm³/mol. The zero-order chi connectivity index (χ0) is 22.4. The summed E-state index contributed by atoms with van der Waals surface area (Å²) in [5, 5.41) is 2.20. The zero-order valence-electron chi connectivity index (χ0n) is 18.1. The van der Waals surface area contributed by atoms with Crippen LogP contribution in [0.5, 0.6) is 0 Å². The van der Waals surface area contributed by atoms with Crippen molar-refractivity contribution in [1.29, 1.82) is 0 Å². The van der Waals surface area contributed by atoms with Crippen LogP contribution in [0.1, 0.15) is 35.4 Å². The van der Waals surface area contributed by atoms with Crippen molar-refractivity contribution in [2.75, 3.05) is 24.5 Å². The molecular weight excluding hydrogens is 440 g/mol. The highest BCUT2D eigenvalue weighted by molar-refractivity contribution is 7.92. The topological polar surface area (TPSA) is 75.2 Å². The van der Waals surface area contributed by atoms with Gasteiger partial charge in [-0.25, -0.2) is 18.1 Å². The molecule has 0 saturated carbocycles. The number of hydrogen-bond donors (Lipinski definition) is 1. The second-order valence-electron chi connectivity index (χ2n) is 8.19. The molecule has 0 amide bonds. The number of hydrogen-bond acceptors (Lipinski definition) is 6. The zero-order valence-corrected chi connectivity index (χ0v) is 19.8. The molecular formula is C24H28N4O2S2. The molecule has 2 heterocycles. The van der Waals surface area contributed by atoms with Crippen molar-refractivity contribution < 1.29 is 8.42 Å². The molecule has 0 aliphatic carbocycles. The van der Waals surface area contributed by atoms with Gasteiger partial charge in [-0.3, -0.25) is 0 Å². The molecule has 8 heteroatoms. The van der Waals surface area contributed by atoms with Gasteiger partial charge in [-0.2, -0.15) is 4.37 Å². The molecule has 0 spiro atoms. The van der Waals surface area contributed by atoms with Crippen LogP contribution in [0.15, 0.2) is 60.0 Å². The number of aryl methyl sites for hydroxylation is 1. The summed E-state index contributed by atoms with van der Waals surface area (Å²) in [6.07, 6.45) is 4.22. The van der Waals surface area contributed by atoms with Crippen LogP contribution in [0, 0.1) is 12.8 Å². The molecule has 0 unspecified atom stereocenters. The van der Waals surface area contributed by atoms with E-state index in [-0.39, 0.29) is 0 Å². The molecule has 2 aromatic carbocycles. The van der Waals surface area contributed by atoms with Crippen molar-refractivity contribution in [3.05, 3.63) is 82.5 Å². The Morgan fingerprint density at radius 1 is 1.09 bits per heavy atom. The van der Waals surface area contributed by atoms with Crippen molar-refractivity contribution in [3.8, 4) is 0 Å². The van der Waals surface area contributed by atoms with Crippen molar-refractivity contribution in [1.82, 2.24) is 14.1 Å². The molecule has 4 rings (SSSR count). The van der Waals surface area contributed by atoms with E-state index in [0.717, 1.165) is 48.9 Å². The number of aromatic nitrogens is 2. The van der Waals surface area contributed by atoms with Gasteiger partial charge in [0.15, 0.2) is 0 Å². The molecule has 0 radical (unpaired) electrons. The van der Waals surface area contributed by atoms with E-state index >= 15 is 0 Å².